The Morgan fingerprint density at radius 1 is 0.800 bits per heavy atom. The van der Waals surface area contributed by atoms with Gasteiger partial charge in [-0.25, -0.2) is 14.4 Å². The Kier molecular flexibility index (Phi) is 6.92. The number of halogens is 1. The normalized spacial score (nSPS) is 20.1. The zero-order chi connectivity index (χ0) is 27.6. The number of para-hydroxylation sites is 2. The molecule has 0 saturated carbocycles. The van der Waals surface area contributed by atoms with E-state index in [1.165, 1.54) is 18.2 Å². The number of nitrogens with zero attached hydrogens (tertiary/aromatic N) is 2. The van der Waals surface area contributed by atoms with Crippen molar-refractivity contribution in [3.8, 4) is 11.5 Å². The number of amides is 2. The number of carbonyl (C=O) groups is 2. The maximum atomic E-state index is 14.7. The largest absolute Gasteiger partial charge is 0.490 e. The third-order valence-electron chi connectivity index (χ3n) is 7.07. The van der Waals surface area contributed by atoms with Crippen LogP contribution in [0.2, 0.25) is 0 Å². The topological polar surface area (TPSA) is 68.3 Å². The SMILES string of the molecule is CCOc1cc([C@@H]2[C@@H]3C(=O)N(c4ccccc4F)C(=O)[C@H]3ON2c2ccccc2)ccc1OCc1ccccc1. The molecule has 4 aromatic rings. The number of benzene rings is 4. The minimum atomic E-state index is -1.11. The predicted molar refractivity (Wildman–Crippen MR) is 147 cm³/mol. The zero-order valence-electron chi connectivity index (χ0n) is 21.8. The van der Waals surface area contributed by atoms with E-state index in [1.807, 2.05) is 79.7 Å². The van der Waals surface area contributed by atoms with Gasteiger partial charge in [0.2, 0.25) is 5.91 Å². The summed E-state index contributed by atoms with van der Waals surface area (Å²) in [4.78, 5) is 34.4. The van der Waals surface area contributed by atoms with E-state index < -0.39 is 35.7 Å². The molecule has 0 aromatic heterocycles. The van der Waals surface area contributed by atoms with Gasteiger partial charge in [-0.15, -0.1) is 0 Å². The third kappa shape index (κ3) is 4.56. The Balaban J connectivity index is 1.38. The van der Waals surface area contributed by atoms with Gasteiger partial charge in [-0.05, 0) is 54.4 Å². The lowest BCUT2D eigenvalue weighted by Crippen LogP contribution is -2.37. The van der Waals surface area contributed by atoms with E-state index >= 15 is 0 Å². The second kappa shape index (κ2) is 10.8. The summed E-state index contributed by atoms with van der Waals surface area (Å²) in [7, 11) is 0. The van der Waals surface area contributed by atoms with E-state index in [2.05, 4.69) is 0 Å². The van der Waals surface area contributed by atoms with Crippen molar-refractivity contribution in [2.24, 2.45) is 5.92 Å². The Labute approximate surface area is 231 Å². The molecule has 0 bridgehead atoms. The molecule has 0 radical (unpaired) electrons. The summed E-state index contributed by atoms with van der Waals surface area (Å²) >= 11 is 0. The summed E-state index contributed by atoms with van der Waals surface area (Å²) in [6, 6.07) is 29.6. The number of ether oxygens (including phenoxy) is 2. The summed E-state index contributed by atoms with van der Waals surface area (Å²) in [5.41, 5.74) is 2.31. The molecule has 0 aliphatic carbocycles. The average Bonchev–Trinajstić information content (AvgIpc) is 3.49. The van der Waals surface area contributed by atoms with Gasteiger partial charge in [0, 0.05) is 0 Å². The maximum Gasteiger partial charge on any atom is 0.266 e. The van der Waals surface area contributed by atoms with Crippen LogP contribution in [0.25, 0.3) is 0 Å². The van der Waals surface area contributed by atoms with Crippen LogP contribution in [-0.2, 0) is 21.0 Å². The number of anilines is 2. The van der Waals surface area contributed by atoms with Crippen LogP contribution in [-0.4, -0.2) is 24.5 Å². The summed E-state index contributed by atoms with van der Waals surface area (Å²) < 4.78 is 26.7. The molecule has 40 heavy (non-hydrogen) atoms. The van der Waals surface area contributed by atoms with Crippen molar-refractivity contribution in [3.05, 3.63) is 120 Å². The number of hydrogen-bond donors (Lipinski definition) is 0. The van der Waals surface area contributed by atoms with Crippen LogP contribution in [0, 0.1) is 11.7 Å². The van der Waals surface area contributed by atoms with Crippen LogP contribution in [0.15, 0.2) is 103 Å². The van der Waals surface area contributed by atoms with E-state index in [1.54, 1.807) is 17.2 Å². The number of rotatable bonds is 8. The van der Waals surface area contributed by atoms with Crippen molar-refractivity contribution >= 4 is 23.2 Å². The molecule has 3 atom stereocenters. The highest BCUT2D eigenvalue weighted by Crippen LogP contribution is 2.49. The van der Waals surface area contributed by atoms with Crippen molar-refractivity contribution in [2.75, 3.05) is 16.6 Å². The third-order valence-corrected chi connectivity index (χ3v) is 7.07. The van der Waals surface area contributed by atoms with Gasteiger partial charge in [0.05, 0.1) is 24.0 Å². The standard InChI is InChI=1S/C32H27FN2O5/c1-2-38-27-19-22(17-18-26(27)39-20-21-11-5-3-6-12-21)29-28-30(40-35(29)23-13-7-4-8-14-23)32(37)34(31(28)36)25-16-10-9-15-24(25)33/h3-19,28-30H,2,20H2,1H3/t28-,29+,30-/m0/s1. The molecule has 4 aromatic carbocycles. The minimum Gasteiger partial charge on any atom is -0.490 e. The molecule has 2 saturated heterocycles. The molecule has 8 heteroatoms. The monoisotopic (exact) mass is 538 g/mol. The van der Waals surface area contributed by atoms with Crippen molar-refractivity contribution in [2.45, 2.75) is 25.7 Å². The molecule has 2 aliphatic heterocycles. The zero-order valence-corrected chi connectivity index (χ0v) is 21.8. The van der Waals surface area contributed by atoms with Crippen molar-refractivity contribution in [1.82, 2.24) is 0 Å². The van der Waals surface area contributed by atoms with Crippen LogP contribution in [0.5, 0.6) is 11.5 Å². The lowest BCUT2D eigenvalue weighted by Gasteiger charge is -2.29. The van der Waals surface area contributed by atoms with Gasteiger partial charge >= 0.3 is 0 Å². The van der Waals surface area contributed by atoms with Gasteiger partial charge < -0.3 is 9.47 Å². The van der Waals surface area contributed by atoms with Gasteiger partial charge in [-0.1, -0.05) is 66.7 Å². The average molecular weight is 539 g/mol. The first-order chi connectivity index (χ1) is 19.6. The lowest BCUT2D eigenvalue weighted by atomic mass is 9.90. The molecule has 202 valence electrons. The highest BCUT2D eigenvalue weighted by Gasteiger charge is 2.60. The number of hydrogen-bond acceptors (Lipinski definition) is 6. The maximum absolute atomic E-state index is 14.7. The first kappa shape index (κ1) is 25.6. The van der Waals surface area contributed by atoms with Gasteiger partial charge in [-0.3, -0.25) is 14.4 Å². The smallest absolute Gasteiger partial charge is 0.266 e. The van der Waals surface area contributed by atoms with Crippen molar-refractivity contribution in [3.63, 3.8) is 0 Å². The summed E-state index contributed by atoms with van der Waals surface area (Å²) in [5, 5.41) is 1.60. The quantitative estimate of drug-likeness (QED) is 0.262. The summed E-state index contributed by atoms with van der Waals surface area (Å²) in [6.07, 6.45) is -1.11. The molecule has 7 nitrogen and oxygen atoms in total. The number of fused-ring (bicyclic) bond motifs is 1. The van der Waals surface area contributed by atoms with Crippen LogP contribution < -0.4 is 19.4 Å². The highest BCUT2D eigenvalue weighted by molar-refractivity contribution is 6.24. The Morgan fingerprint density at radius 2 is 1.50 bits per heavy atom. The number of hydroxylamine groups is 1. The number of imide groups is 1. The van der Waals surface area contributed by atoms with Crippen LogP contribution in [0.4, 0.5) is 15.8 Å². The van der Waals surface area contributed by atoms with Crippen molar-refractivity contribution in [1.29, 1.82) is 0 Å². The van der Waals surface area contributed by atoms with Crippen LogP contribution in [0.3, 0.4) is 0 Å². The Morgan fingerprint density at radius 3 is 2.23 bits per heavy atom. The fourth-order valence-corrected chi connectivity index (χ4v) is 5.25. The molecule has 2 aliphatic rings. The highest BCUT2D eigenvalue weighted by atomic mass is 19.1. The Bertz CT molecular complexity index is 1530. The van der Waals surface area contributed by atoms with E-state index in [9.17, 15) is 14.0 Å². The van der Waals surface area contributed by atoms with E-state index in [4.69, 9.17) is 14.3 Å². The Hall–Kier alpha value is -4.69. The van der Waals surface area contributed by atoms with Crippen molar-refractivity contribution < 1.29 is 28.3 Å². The molecule has 0 N–H and O–H groups in total. The van der Waals surface area contributed by atoms with Crippen LogP contribution in [0.1, 0.15) is 24.1 Å². The van der Waals surface area contributed by atoms with Gasteiger partial charge in [0.15, 0.2) is 17.6 Å². The van der Waals surface area contributed by atoms with Gasteiger partial charge in [0.1, 0.15) is 18.3 Å². The molecular formula is C32H27FN2O5. The van der Waals surface area contributed by atoms with Gasteiger partial charge in [0.25, 0.3) is 5.91 Å². The molecule has 2 heterocycles. The van der Waals surface area contributed by atoms with E-state index in [-0.39, 0.29) is 5.69 Å². The molecular weight excluding hydrogens is 511 g/mol. The molecule has 2 fully saturated rings. The van der Waals surface area contributed by atoms with Crippen LogP contribution >= 0.6 is 0 Å². The fourth-order valence-electron chi connectivity index (χ4n) is 5.25. The lowest BCUT2D eigenvalue weighted by molar-refractivity contribution is -0.126. The predicted octanol–water partition coefficient (Wildman–Crippen LogP) is 5.85. The summed E-state index contributed by atoms with van der Waals surface area (Å²) in [6.45, 7) is 2.64. The summed E-state index contributed by atoms with van der Waals surface area (Å²) in [5.74, 6) is -1.62. The molecule has 2 amide bonds. The van der Waals surface area contributed by atoms with Gasteiger partial charge in [-0.2, -0.15) is 0 Å². The van der Waals surface area contributed by atoms with E-state index in [0.29, 0.717) is 36.0 Å². The fraction of sp³-hybridized carbons (Fsp3) is 0.188. The second-order valence-electron chi connectivity index (χ2n) is 9.53. The minimum absolute atomic E-state index is 0.0832. The molecule has 0 unspecified atom stereocenters. The first-order valence-corrected chi connectivity index (χ1v) is 13.1. The first-order valence-electron chi connectivity index (χ1n) is 13.1. The second-order valence-corrected chi connectivity index (χ2v) is 9.53. The number of carbonyl (C=O) groups excluding carboxylic acids is 2. The molecule has 6 rings (SSSR count). The molecule has 0 spiro atoms. The van der Waals surface area contributed by atoms with E-state index in [0.717, 1.165) is 10.5 Å².